The number of fused-ring (bicyclic) bond motifs is 1. The normalized spacial score (nSPS) is 11.0. The zero-order valence-electron chi connectivity index (χ0n) is 14.6. The molecule has 0 unspecified atom stereocenters. The van der Waals surface area contributed by atoms with Crippen LogP contribution in [0.25, 0.3) is 0 Å². The predicted molar refractivity (Wildman–Crippen MR) is 99.3 cm³/mol. The van der Waals surface area contributed by atoms with Crippen LogP contribution in [0.1, 0.15) is 21.5 Å². The molecule has 0 aromatic heterocycles. The summed E-state index contributed by atoms with van der Waals surface area (Å²) >= 11 is 0. The van der Waals surface area contributed by atoms with Gasteiger partial charge in [-0.3, -0.25) is 0 Å². The molecule has 0 atom stereocenters. The molecule has 4 heteroatoms. The van der Waals surface area contributed by atoms with Crippen LogP contribution in [0.2, 0.25) is 0 Å². The molecule has 1 heterocycles. The molecule has 0 aliphatic carbocycles. The first-order valence-electron chi connectivity index (χ1n) is 8.32. The number of hydrogen-bond acceptors (Lipinski definition) is 4. The van der Waals surface area contributed by atoms with E-state index in [-0.39, 0.29) is 12.6 Å². The zero-order valence-corrected chi connectivity index (χ0v) is 14.6. The van der Waals surface area contributed by atoms with Gasteiger partial charge in [0, 0.05) is 5.56 Å². The van der Waals surface area contributed by atoms with Gasteiger partial charge in [0.2, 0.25) is 0 Å². The van der Waals surface area contributed by atoms with Crippen LogP contribution in [0.4, 0.5) is 0 Å². The average molecular weight is 348 g/mol. The molecule has 3 aromatic carbocycles. The molecule has 0 bridgehead atoms. The van der Waals surface area contributed by atoms with E-state index in [1.807, 2.05) is 48.5 Å². The maximum atomic E-state index is 11.8. The van der Waals surface area contributed by atoms with Gasteiger partial charge in [-0.2, -0.15) is 0 Å². The lowest BCUT2D eigenvalue weighted by atomic mass is 10.1. The van der Waals surface area contributed by atoms with Gasteiger partial charge >= 0.3 is 5.97 Å². The van der Waals surface area contributed by atoms with Gasteiger partial charge in [0.15, 0.2) is 0 Å². The first kappa shape index (κ1) is 17.5. The summed E-state index contributed by atoms with van der Waals surface area (Å²) in [6.07, 6.45) is 0. The zero-order chi connectivity index (χ0) is 18.2. The van der Waals surface area contributed by atoms with E-state index >= 15 is 0 Å². The van der Waals surface area contributed by atoms with Crippen molar-refractivity contribution >= 4 is 5.97 Å². The van der Waals surface area contributed by atoms with Crippen molar-refractivity contribution in [1.82, 2.24) is 0 Å². The molecule has 4 nitrogen and oxygen atoms in total. The third-order valence-electron chi connectivity index (χ3n) is 3.87. The minimum absolute atomic E-state index is 0.275. The summed E-state index contributed by atoms with van der Waals surface area (Å²) < 4.78 is 15.4. The number of benzene rings is 3. The highest BCUT2D eigenvalue weighted by atomic mass is 16.5. The minimum atomic E-state index is -0.349. The van der Waals surface area contributed by atoms with Crippen LogP contribution >= 0.6 is 0 Å². The third kappa shape index (κ3) is 4.63. The van der Waals surface area contributed by atoms with E-state index in [1.165, 1.54) is 5.56 Å². The smallest absolute Gasteiger partial charge is 0.338 e. The summed E-state index contributed by atoms with van der Waals surface area (Å²) in [5.74, 6) is 1.34. The van der Waals surface area contributed by atoms with Crippen LogP contribution in [0, 0.1) is 0 Å². The molecule has 0 N–H and O–H groups in total. The Morgan fingerprint density at radius 3 is 2.35 bits per heavy atom. The van der Waals surface area contributed by atoms with Crippen LogP contribution in [-0.2, 0) is 18.0 Å². The van der Waals surface area contributed by atoms with Crippen molar-refractivity contribution in [2.45, 2.75) is 13.2 Å². The van der Waals surface area contributed by atoms with Crippen molar-refractivity contribution in [3.05, 3.63) is 95.6 Å². The van der Waals surface area contributed by atoms with Gasteiger partial charge in [0.05, 0.1) is 12.7 Å². The summed E-state index contributed by atoms with van der Waals surface area (Å²) in [6, 6.07) is 24.6. The second kappa shape index (κ2) is 8.72. The van der Waals surface area contributed by atoms with Gasteiger partial charge in [-0.1, -0.05) is 54.6 Å². The van der Waals surface area contributed by atoms with Crippen LogP contribution in [-0.4, -0.2) is 13.1 Å². The third-order valence-corrected chi connectivity index (χ3v) is 3.87. The van der Waals surface area contributed by atoms with Crippen molar-refractivity contribution in [2.24, 2.45) is 0 Å². The minimum Gasteiger partial charge on any atom is -0.497 e. The topological polar surface area (TPSA) is 44.8 Å². The number of carbonyl (C=O) groups is 1. The molecule has 0 saturated carbocycles. The standard InChI is InChI=1S/C15H14O3.C7H6O/c1-17-14-9-5-8-13(10-14)15(16)18-11-12-6-3-2-4-7-12;1-2-4-7-6(3-1)5-8-7/h2-10H,11H2,1H3;1-4H,5H2. The average Bonchev–Trinajstić information content (AvgIpc) is 2.68. The largest absolute Gasteiger partial charge is 0.497 e. The molecule has 26 heavy (non-hydrogen) atoms. The highest BCUT2D eigenvalue weighted by Gasteiger charge is 2.10. The van der Waals surface area contributed by atoms with Crippen molar-refractivity contribution in [1.29, 1.82) is 0 Å². The molecule has 1 aliphatic heterocycles. The van der Waals surface area contributed by atoms with Crippen LogP contribution in [0.3, 0.4) is 0 Å². The molecule has 0 radical (unpaired) electrons. The summed E-state index contributed by atoms with van der Waals surface area (Å²) in [7, 11) is 1.56. The molecular formula is C22H20O4. The fourth-order valence-corrected chi connectivity index (χ4v) is 2.40. The maximum Gasteiger partial charge on any atom is 0.338 e. The monoisotopic (exact) mass is 348 g/mol. The number of para-hydroxylation sites is 1. The van der Waals surface area contributed by atoms with E-state index in [9.17, 15) is 4.79 Å². The number of esters is 1. The highest BCUT2D eigenvalue weighted by Crippen LogP contribution is 2.27. The lowest BCUT2D eigenvalue weighted by Crippen LogP contribution is -2.07. The van der Waals surface area contributed by atoms with Gasteiger partial charge < -0.3 is 14.2 Å². The molecule has 3 aromatic rings. The Morgan fingerprint density at radius 1 is 0.962 bits per heavy atom. The lowest BCUT2D eigenvalue weighted by Gasteiger charge is -2.18. The number of hydrogen-bond donors (Lipinski definition) is 0. The van der Waals surface area contributed by atoms with E-state index in [4.69, 9.17) is 14.2 Å². The Kier molecular flexibility index (Phi) is 5.88. The maximum absolute atomic E-state index is 11.8. The quantitative estimate of drug-likeness (QED) is 0.645. The van der Waals surface area contributed by atoms with Crippen LogP contribution in [0.15, 0.2) is 78.9 Å². The van der Waals surface area contributed by atoms with Crippen LogP contribution < -0.4 is 9.47 Å². The van der Waals surface area contributed by atoms with Gasteiger partial charge in [-0.25, -0.2) is 4.79 Å². The first-order valence-corrected chi connectivity index (χ1v) is 8.32. The number of ether oxygens (including phenoxy) is 3. The van der Waals surface area contributed by atoms with Gasteiger partial charge in [0.1, 0.15) is 24.7 Å². The van der Waals surface area contributed by atoms with Gasteiger partial charge in [-0.05, 0) is 29.8 Å². The van der Waals surface area contributed by atoms with Crippen molar-refractivity contribution in [2.75, 3.05) is 7.11 Å². The van der Waals surface area contributed by atoms with Crippen LogP contribution in [0.5, 0.6) is 11.5 Å². The Bertz CT molecular complexity index is 836. The lowest BCUT2D eigenvalue weighted by molar-refractivity contribution is 0.0472. The number of carbonyl (C=O) groups excluding carboxylic acids is 1. The Morgan fingerprint density at radius 2 is 1.73 bits per heavy atom. The number of rotatable bonds is 4. The first-order chi connectivity index (χ1) is 12.8. The Hall–Kier alpha value is -3.27. The fourth-order valence-electron chi connectivity index (χ4n) is 2.40. The predicted octanol–water partition coefficient (Wildman–Crippen LogP) is 4.63. The molecule has 132 valence electrons. The fraction of sp³-hybridized carbons (Fsp3) is 0.136. The van der Waals surface area contributed by atoms with E-state index in [0.717, 1.165) is 17.9 Å². The second-order valence-corrected chi connectivity index (χ2v) is 5.69. The molecule has 4 rings (SSSR count). The van der Waals surface area contributed by atoms with Crippen molar-refractivity contribution < 1.29 is 19.0 Å². The van der Waals surface area contributed by atoms with E-state index in [1.54, 1.807) is 31.4 Å². The second-order valence-electron chi connectivity index (χ2n) is 5.69. The molecule has 1 aliphatic rings. The molecular weight excluding hydrogens is 328 g/mol. The van der Waals surface area contributed by atoms with Crippen molar-refractivity contribution in [3.63, 3.8) is 0 Å². The summed E-state index contributed by atoms with van der Waals surface area (Å²) in [6.45, 7) is 1.08. The summed E-state index contributed by atoms with van der Waals surface area (Å²) in [5, 5.41) is 0. The SMILES string of the molecule is COc1cccc(C(=O)OCc2ccccc2)c1.c1ccc2c(c1)CO2. The molecule has 0 spiro atoms. The van der Waals surface area contributed by atoms with E-state index in [0.29, 0.717) is 11.3 Å². The number of methoxy groups -OCH3 is 1. The van der Waals surface area contributed by atoms with Gasteiger partial charge in [-0.15, -0.1) is 0 Å². The Balaban J connectivity index is 0.000000201. The molecule has 0 amide bonds. The van der Waals surface area contributed by atoms with Crippen molar-refractivity contribution in [3.8, 4) is 11.5 Å². The molecule has 0 fully saturated rings. The Labute approximate surface area is 153 Å². The van der Waals surface area contributed by atoms with Gasteiger partial charge in [0.25, 0.3) is 0 Å². The summed E-state index contributed by atoms with van der Waals surface area (Å²) in [5.41, 5.74) is 2.78. The highest BCUT2D eigenvalue weighted by molar-refractivity contribution is 5.89. The summed E-state index contributed by atoms with van der Waals surface area (Å²) in [4.78, 5) is 11.8. The van der Waals surface area contributed by atoms with E-state index in [2.05, 4.69) is 6.07 Å². The molecule has 0 saturated heterocycles. The van der Waals surface area contributed by atoms with E-state index < -0.39 is 0 Å².